The topological polar surface area (TPSA) is 71.7 Å². The summed E-state index contributed by atoms with van der Waals surface area (Å²) in [6.45, 7) is 2.67. The monoisotopic (exact) mass is 317 g/mol. The average molecular weight is 317 g/mol. The lowest BCUT2D eigenvalue weighted by Crippen LogP contribution is -2.45. The number of esters is 1. The van der Waals surface area contributed by atoms with E-state index in [4.69, 9.17) is 9.15 Å². The lowest BCUT2D eigenvalue weighted by molar-refractivity contribution is 0.0490. The minimum absolute atomic E-state index is 0.109. The first kappa shape index (κ1) is 16.0. The van der Waals surface area contributed by atoms with E-state index in [1.54, 1.807) is 6.92 Å². The van der Waals surface area contributed by atoms with Crippen LogP contribution in [-0.4, -0.2) is 29.8 Å². The Hall–Kier alpha value is -1.85. The number of furan rings is 1. The lowest BCUT2D eigenvalue weighted by atomic mass is 9.98. The summed E-state index contributed by atoms with van der Waals surface area (Å²) in [7, 11) is 0. The number of fused-ring (bicyclic) bond motifs is 1. The number of para-hydroxylation sites is 1. The molecule has 0 aliphatic heterocycles. The zero-order chi connectivity index (χ0) is 16.3. The van der Waals surface area contributed by atoms with Gasteiger partial charge >= 0.3 is 5.97 Å². The lowest BCUT2D eigenvalue weighted by Gasteiger charge is -2.28. The van der Waals surface area contributed by atoms with Gasteiger partial charge in [0.15, 0.2) is 0 Å². The fraction of sp³-hybridized carbons (Fsp3) is 0.500. The molecule has 124 valence electrons. The van der Waals surface area contributed by atoms with Crippen LogP contribution in [0.1, 0.15) is 48.7 Å². The SMILES string of the molecule is CCOC(=O)c1oc2ccccc2c1CNC1(CO)CCCC1. The highest BCUT2D eigenvalue weighted by atomic mass is 16.5. The highest BCUT2D eigenvalue weighted by Crippen LogP contribution is 2.31. The highest BCUT2D eigenvalue weighted by Gasteiger charge is 2.33. The van der Waals surface area contributed by atoms with Crippen molar-refractivity contribution in [3.05, 3.63) is 35.6 Å². The van der Waals surface area contributed by atoms with Crippen molar-refractivity contribution >= 4 is 16.9 Å². The summed E-state index contributed by atoms with van der Waals surface area (Å²) in [5.74, 6) is -0.184. The summed E-state index contributed by atoms with van der Waals surface area (Å²) < 4.78 is 10.8. The molecule has 0 bridgehead atoms. The van der Waals surface area contributed by atoms with Gasteiger partial charge in [-0.15, -0.1) is 0 Å². The van der Waals surface area contributed by atoms with Crippen LogP contribution >= 0.6 is 0 Å². The molecule has 1 aromatic heterocycles. The van der Waals surface area contributed by atoms with Gasteiger partial charge in [0, 0.05) is 23.0 Å². The van der Waals surface area contributed by atoms with Crippen LogP contribution in [0.2, 0.25) is 0 Å². The van der Waals surface area contributed by atoms with Crippen LogP contribution in [0.3, 0.4) is 0 Å². The Balaban J connectivity index is 1.91. The molecule has 5 nitrogen and oxygen atoms in total. The van der Waals surface area contributed by atoms with E-state index < -0.39 is 5.97 Å². The second-order valence-electron chi connectivity index (χ2n) is 6.13. The second kappa shape index (κ2) is 6.72. The smallest absolute Gasteiger partial charge is 0.374 e. The Kier molecular flexibility index (Phi) is 4.68. The van der Waals surface area contributed by atoms with E-state index in [2.05, 4.69) is 5.32 Å². The normalized spacial score (nSPS) is 16.8. The number of carbonyl (C=O) groups is 1. The van der Waals surface area contributed by atoms with E-state index in [1.807, 2.05) is 24.3 Å². The van der Waals surface area contributed by atoms with Crippen LogP contribution in [0.15, 0.2) is 28.7 Å². The first-order valence-electron chi connectivity index (χ1n) is 8.22. The number of carbonyl (C=O) groups excluding carboxylic acids is 1. The first-order chi connectivity index (χ1) is 11.2. The molecule has 1 aromatic carbocycles. The van der Waals surface area contributed by atoms with Crippen LogP contribution < -0.4 is 5.32 Å². The van der Waals surface area contributed by atoms with Crippen molar-refractivity contribution in [3.8, 4) is 0 Å². The predicted octanol–water partition coefficient (Wildman–Crippen LogP) is 3.00. The van der Waals surface area contributed by atoms with Crippen LogP contribution in [0.5, 0.6) is 0 Å². The first-order valence-corrected chi connectivity index (χ1v) is 8.22. The maximum absolute atomic E-state index is 12.2. The Bertz CT molecular complexity index is 685. The van der Waals surface area contributed by atoms with E-state index in [0.717, 1.165) is 36.6 Å². The molecular formula is C18H23NO4. The van der Waals surface area contributed by atoms with Gasteiger partial charge in [-0.2, -0.15) is 0 Å². The maximum Gasteiger partial charge on any atom is 0.374 e. The highest BCUT2D eigenvalue weighted by molar-refractivity contribution is 5.96. The molecule has 0 saturated heterocycles. The van der Waals surface area contributed by atoms with Crippen molar-refractivity contribution in [1.82, 2.24) is 5.32 Å². The van der Waals surface area contributed by atoms with Gasteiger partial charge in [-0.1, -0.05) is 31.0 Å². The van der Waals surface area contributed by atoms with Gasteiger partial charge < -0.3 is 19.6 Å². The Labute approximate surface area is 135 Å². The Morgan fingerprint density at radius 1 is 1.35 bits per heavy atom. The second-order valence-corrected chi connectivity index (χ2v) is 6.13. The van der Waals surface area contributed by atoms with Crippen LogP contribution in [0, 0.1) is 0 Å². The van der Waals surface area contributed by atoms with Gasteiger partial charge in [-0.25, -0.2) is 4.79 Å². The van der Waals surface area contributed by atoms with Crippen molar-refractivity contribution in [2.45, 2.75) is 44.7 Å². The zero-order valence-electron chi connectivity index (χ0n) is 13.4. The third-order valence-corrected chi connectivity index (χ3v) is 4.66. The van der Waals surface area contributed by atoms with Crippen molar-refractivity contribution < 1.29 is 19.1 Å². The molecular weight excluding hydrogens is 294 g/mol. The Morgan fingerprint density at radius 3 is 2.78 bits per heavy atom. The fourth-order valence-electron chi connectivity index (χ4n) is 3.35. The summed E-state index contributed by atoms with van der Waals surface area (Å²) in [5.41, 5.74) is 1.24. The molecule has 0 spiro atoms. The van der Waals surface area contributed by atoms with Crippen molar-refractivity contribution in [3.63, 3.8) is 0 Å². The quantitative estimate of drug-likeness (QED) is 0.801. The molecule has 2 N–H and O–H groups in total. The Morgan fingerprint density at radius 2 is 2.09 bits per heavy atom. The number of hydrogen-bond acceptors (Lipinski definition) is 5. The average Bonchev–Trinajstić information content (AvgIpc) is 3.18. The number of rotatable bonds is 6. The van der Waals surface area contributed by atoms with Crippen LogP contribution in [-0.2, 0) is 11.3 Å². The molecule has 0 amide bonds. The van der Waals surface area contributed by atoms with Crippen molar-refractivity contribution in [2.24, 2.45) is 0 Å². The number of benzene rings is 1. The molecule has 0 radical (unpaired) electrons. The third-order valence-electron chi connectivity index (χ3n) is 4.66. The van der Waals surface area contributed by atoms with Gasteiger partial charge in [0.25, 0.3) is 0 Å². The van der Waals surface area contributed by atoms with E-state index in [0.29, 0.717) is 18.7 Å². The molecule has 0 unspecified atom stereocenters. The standard InChI is InChI=1S/C18H23NO4/c1-2-22-17(21)16-14(13-7-3-4-8-15(13)23-16)11-19-18(12-20)9-5-6-10-18/h3-4,7-8,19-20H,2,5-6,9-12H2,1H3. The molecule has 1 aliphatic carbocycles. The summed E-state index contributed by atoms with van der Waals surface area (Å²) in [6, 6.07) is 7.59. The van der Waals surface area contributed by atoms with Crippen LogP contribution in [0.4, 0.5) is 0 Å². The number of aliphatic hydroxyl groups is 1. The molecule has 0 atom stereocenters. The number of ether oxygens (including phenoxy) is 1. The van der Waals surface area contributed by atoms with Gasteiger partial charge in [-0.05, 0) is 25.8 Å². The van der Waals surface area contributed by atoms with Gasteiger partial charge in [0.1, 0.15) is 5.58 Å². The van der Waals surface area contributed by atoms with E-state index in [1.165, 1.54) is 0 Å². The van der Waals surface area contributed by atoms with Gasteiger partial charge in [-0.3, -0.25) is 0 Å². The van der Waals surface area contributed by atoms with E-state index in [-0.39, 0.29) is 17.9 Å². The molecule has 5 heteroatoms. The molecule has 1 saturated carbocycles. The number of nitrogens with one attached hydrogen (secondary N) is 1. The molecule has 23 heavy (non-hydrogen) atoms. The summed E-state index contributed by atoms with van der Waals surface area (Å²) in [6.07, 6.45) is 4.14. The van der Waals surface area contributed by atoms with Gasteiger partial charge in [0.05, 0.1) is 13.2 Å². The number of aliphatic hydroxyl groups excluding tert-OH is 1. The summed E-state index contributed by atoms with van der Waals surface area (Å²) in [5, 5.41) is 14.1. The predicted molar refractivity (Wildman–Crippen MR) is 87.3 cm³/mol. The van der Waals surface area contributed by atoms with E-state index in [9.17, 15) is 9.90 Å². The summed E-state index contributed by atoms with van der Waals surface area (Å²) >= 11 is 0. The molecule has 3 rings (SSSR count). The molecule has 2 aromatic rings. The minimum Gasteiger partial charge on any atom is -0.460 e. The van der Waals surface area contributed by atoms with Crippen LogP contribution in [0.25, 0.3) is 11.0 Å². The zero-order valence-corrected chi connectivity index (χ0v) is 13.4. The summed E-state index contributed by atoms with van der Waals surface area (Å²) in [4.78, 5) is 12.2. The largest absolute Gasteiger partial charge is 0.460 e. The fourth-order valence-corrected chi connectivity index (χ4v) is 3.35. The third kappa shape index (κ3) is 3.12. The molecule has 1 fully saturated rings. The van der Waals surface area contributed by atoms with Crippen molar-refractivity contribution in [2.75, 3.05) is 13.2 Å². The van der Waals surface area contributed by atoms with Crippen molar-refractivity contribution in [1.29, 1.82) is 0 Å². The maximum atomic E-state index is 12.2. The van der Waals surface area contributed by atoms with E-state index >= 15 is 0 Å². The molecule has 1 heterocycles. The number of hydrogen-bond donors (Lipinski definition) is 2. The minimum atomic E-state index is -0.440. The molecule has 1 aliphatic rings. The van der Waals surface area contributed by atoms with Gasteiger partial charge in [0.2, 0.25) is 5.76 Å².